The highest BCUT2D eigenvalue weighted by Gasteiger charge is 2.14. The van der Waals surface area contributed by atoms with Gasteiger partial charge in [0.15, 0.2) is 5.16 Å². The standard InChI is InChI=1S/C19H15N5S/c1-23-16-8-4-5-9-17(16)24-18(23)21-22-19(24)25-12-13-10-14-6-2-3-7-15(14)20-11-13/h2-11H,12H2,1H3. The first-order chi connectivity index (χ1) is 12.3. The quantitative estimate of drug-likeness (QED) is 0.463. The Bertz CT molecular complexity index is 1220. The van der Waals surface area contributed by atoms with E-state index in [9.17, 15) is 0 Å². The minimum Gasteiger partial charge on any atom is -0.311 e. The van der Waals surface area contributed by atoms with Crippen molar-refractivity contribution in [3.05, 3.63) is 66.4 Å². The Morgan fingerprint density at radius 1 is 0.960 bits per heavy atom. The third-order valence-corrected chi connectivity index (χ3v) is 5.42. The Morgan fingerprint density at radius 3 is 2.68 bits per heavy atom. The fourth-order valence-corrected chi connectivity index (χ4v) is 4.03. The Labute approximate surface area is 148 Å². The van der Waals surface area contributed by atoms with Gasteiger partial charge in [0.1, 0.15) is 0 Å². The molecule has 0 fully saturated rings. The van der Waals surface area contributed by atoms with Crippen molar-refractivity contribution >= 4 is 39.5 Å². The zero-order chi connectivity index (χ0) is 16.8. The van der Waals surface area contributed by atoms with E-state index in [4.69, 9.17) is 0 Å². The molecule has 5 nitrogen and oxygen atoms in total. The van der Waals surface area contributed by atoms with Gasteiger partial charge in [-0.2, -0.15) is 0 Å². The number of rotatable bonds is 3. The number of hydrogen-bond donors (Lipinski definition) is 0. The molecule has 25 heavy (non-hydrogen) atoms. The predicted octanol–water partition coefficient (Wildman–Crippen LogP) is 4.06. The van der Waals surface area contributed by atoms with Crippen molar-refractivity contribution in [2.24, 2.45) is 7.05 Å². The molecule has 0 atom stereocenters. The Kier molecular flexibility index (Phi) is 3.24. The summed E-state index contributed by atoms with van der Waals surface area (Å²) >= 11 is 1.68. The maximum atomic E-state index is 4.54. The fraction of sp³-hybridized carbons (Fsp3) is 0.105. The van der Waals surface area contributed by atoms with Crippen LogP contribution in [0.25, 0.3) is 27.7 Å². The number of aromatic nitrogens is 5. The summed E-state index contributed by atoms with van der Waals surface area (Å²) < 4.78 is 4.19. The number of nitrogens with zero attached hydrogens (tertiary/aromatic N) is 5. The summed E-state index contributed by atoms with van der Waals surface area (Å²) in [4.78, 5) is 4.54. The van der Waals surface area contributed by atoms with Crippen LogP contribution in [0.5, 0.6) is 0 Å². The molecule has 0 N–H and O–H groups in total. The van der Waals surface area contributed by atoms with Gasteiger partial charge in [-0.05, 0) is 29.8 Å². The van der Waals surface area contributed by atoms with E-state index < -0.39 is 0 Å². The molecule has 0 amide bonds. The Morgan fingerprint density at radius 2 is 1.76 bits per heavy atom. The zero-order valence-electron chi connectivity index (χ0n) is 13.6. The highest BCUT2D eigenvalue weighted by atomic mass is 32.2. The van der Waals surface area contributed by atoms with E-state index in [0.717, 1.165) is 38.6 Å². The van der Waals surface area contributed by atoms with Crippen molar-refractivity contribution in [2.45, 2.75) is 10.9 Å². The number of para-hydroxylation sites is 3. The topological polar surface area (TPSA) is 48.0 Å². The monoisotopic (exact) mass is 345 g/mol. The van der Waals surface area contributed by atoms with Crippen LogP contribution in [-0.4, -0.2) is 24.1 Å². The maximum Gasteiger partial charge on any atom is 0.236 e. The van der Waals surface area contributed by atoms with Crippen molar-refractivity contribution in [2.75, 3.05) is 0 Å². The Hall–Kier alpha value is -2.86. The normalized spacial score (nSPS) is 11.7. The van der Waals surface area contributed by atoms with Crippen LogP contribution in [0.2, 0.25) is 0 Å². The van der Waals surface area contributed by atoms with E-state index in [2.05, 4.69) is 48.4 Å². The van der Waals surface area contributed by atoms with Crippen LogP contribution in [0.3, 0.4) is 0 Å². The molecule has 0 saturated heterocycles. The van der Waals surface area contributed by atoms with Crippen LogP contribution in [0.15, 0.2) is 66.0 Å². The number of benzene rings is 2. The molecule has 0 spiro atoms. The number of hydrogen-bond acceptors (Lipinski definition) is 4. The van der Waals surface area contributed by atoms with Crippen molar-refractivity contribution in [3.8, 4) is 0 Å². The molecule has 122 valence electrons. The van der Waals surface area contributed by atoms with Crippen molar-refractivity contribution in [1.82, 2.24) is 24.1 Å². The van der Waals surface area contributed by atoms with Gasteiger partial charge in [0.25, 0.3) is 0 Å². The van der Waals surface area contributed by atoms with Crippen LogP contribution < -0.4 is 0 Å². The predicted molar refractivity (Wildman–Crippen MR) is 101 cm³/mol. The largest absolute Gasteiger partial charge is 0.311 e. The summed E-state index contributed by atoms with van der Waals surface area (Å²) in [6, 6.07) is 18.7. The number of aryl methyl sites for hydroxylation is 1. The van der Waals surface area contributed by atoms with E-state index >= 15 is 0 Å². The first-order valence-electron chi connectivity index (χ1n) is 8.06. The molecular formula is C19H15N5S. The van der Waals surface area contributed by atoms with E-state index in [1.165, 1.54) is 5.56 Å². The summed E-state index contributed by atoms with van der Waals surface area (Å²) in [5.74, 6) is 1.67. The third-order valence-electron chi connectivity index (χ3n) is 4.42. The molecule has 0 unspecified atom stereocenters. The first kappa shape index (κ1) is 14.5. The van der Waals surface area contributed by atoms with Crippen LogP contribution >= 0.6 is 11.8 Å². The molecule has 0 aliphatic carbocycles. The van der Waals surface area contributed by atoms with Gasteiger partial charge in [-0.15, -0.1) is 10.2 Å². The molecule has 0 aliphatic heterocycles. The lowest BCUT2D eigenvalue weighted by atomic mass is 10.2. The third kappa shape index (κ3) is 2.29. The van der Waals surface area contributed by atoms with E-state index in [0.29, 0.717) is 0 Å². The molecule has 0 radical (unpaired) electrons. The second kappa shape index (κ2) is 5.60. The van der Waals surface area contributed by atoms with Crippen LogP contribution in [0, 0.1) is 0 Å². The highest BCUT2D eigenvalue weighted by Crippen LogP contribution is 2.27. The molecule has 6 heteroatoms. The molecule has 0 saturated carbocycles. The van der Waals surface area contributed by atoms with Gasteiger partial charge in [0, 0.05) is 24.4 Å². The number of imidazole rings is 1. The first-order valence-corrected chi connectivity index (χ1v) is 9.05. The average molecular weight is 345 g/mol. The lowest BCUT2D eigenvalue weighted by Crippen LogP contribution is -1.89. The molecule has 5 rings (SSSR count). The summed E-state index contributed by atoms with van der Waals surface area (Å²) in [6.45, 7) is 0. The maximum absolute atomic E-state index is 4.54. The van der Waals surface area contributed by atoms with Gasteiger partial charge >= 0.3 is 0 Å². The number of thioether (sulfide) groups is 1. The second-order valence-corrected chi connectivity index (χ2v) is 6.93. The second-order valence-electron chi connectivity index (χ2n) is 5.99. The molecule has 0 aliphatic rings. The van der Waals surface area contributed by atoms with Gasteiger partial charge < -0.3 is 4.57 Å². The molecule has 5 aromatic rings. The average Bonchev–Trinajstić information content (AvgIpc) is 3.20. The summed E-state index contributed by atoms with van der Waals surface area (Å²) in [5, 5.41) is 10.8. The fourth-order valence-electron chi connectivity index (χ4n) is 3.17. The molecular weight excluding hydrogens is 330 g/mol. The van der Waals surface area contributed by atoms with Crippen molar-refractivity contribution < 1.29 is 0 Å². The Balaban J connectivity index is 1.52. The lowest BCUT2D eigenvalue weighted by Gasteiger charge is -2.02. The van der Waals surface area contributed by atoms with Crippen LogP contribution in [0.1, 0.15) is 5.56 Å². The molecule has 2 aromatic carbocycles. The minimum atomic E-state index is 0.807. The van der Waals surface area contributed by atoms with E-state index in [1.54, 1.807) is 11.8 Å². The lowest BCUT2D eigenvalue weighted by molar-refractivity contribution is 0.936. The SMILES string of the molecule is Cn1c2ccccc2n2c(SCc3cnc4ccccc4c3)nnc12. The van der Waals surface area contributed by atoms with Crippen LogP contribution in [0.4, 0.5) is 0 Å². The smallest absolute Gasteiger partial charge is 0.236 e. The van der Waals surface area contributed by atoms with Gasteiger partial charge in [-0.3, -0.25) is 9.38 Å². The van der Waals surface area contributed by atoms with Crippen molar-refractivity contribution in [3.63, 3.8) is 0 Å². The number of pyridine rings is 1. The summed E-state index contributed by atoms with van der Waals surface area (Å²) in [5.41, 5.74) is 4.49. The minimum absolute atomic E-state index is 0.807. The molecule has 3 heterocycles. The van der Waals surface area contributed by atoms with Crippen molar-refractivity contribution in [1.29, 1.82) is 0 Å². The summed E-state index contributed by atoms with van der Waals surface area (Å²) in [6.07, 6.45) is 1.94. The number of fused-ring (bicyclic) bond motifs is 4. The van der Waals surface area contributed by atoms with Gasteiger partial charge in [-0.25, -0.2) is 0 Å². The van der Waals surface area contributed by atoms with Gasteiger partial charge in [0.05, 0.1) is 16.6 Å². The molecule has 0 bridgehead atoms. The van der Waals surface area contributed by atoms with Gasteiger partial charge in [-0.1, -0.05) is 42.1 Å². The highest BCUT2D eigenvalue weighted by molar-refractivity contribution is 7.98. The molecule has 3 aromatic heterocycles. The summed E-state index contributed by atoms with van der Waals surface area (Å²) in [7, 11) is 2.02. The van der Waals surface area contributed by atoms with E-state index in [1.807, 2.05) is 43.6 Å². The zero-order valence-corrected chi connectivity index (χ0v) is 14.4. The van der Waals surface area contributed by atoms with E-state index in [-0.39, 0.29) is 0 Å². The van der Waals surface area contributed by atoms with Crippen LogP contribution in [-0.2, 0) is 12.8 Å². The van der Waals surface area contributed by atoms with Gasteiger partial charge in [0.2, 0.25) is 5.78 Å².